The highest BCUT2D eigenvalue weighted by Gasteiger charge is 2.06. The summed E-state index contributed by atoms with van der Waals surface area (Å²) in [7, 11) is 0. The van der Waals surface area contributed by atoms with Crippen LogP contribution in [0.5, 0.6) is 0 Å². The summed E-state index contributed by atoms with van der Waals surface area (Å²) in [6.45, 7) is 3.40. The first-order chi connectivity index (χ1) is 12.7. The summed E-state index contributed by atoms with van der Waals surface area (Å²) in [5.41, 5.74) is 4.99. The zero-order valence-corrected chi connectivity index (χ0v) is 14.9. The molecule has 0 unspecified atom stereocenters. The lowest BCUT2D eigenvalue weighted by atomic mass is 10.1. The van der Waals surface area contributed by atoms with Crippen LogP contribution in [-0.2, 0) is 13.0 Å². The molecule has 1 heterocycles. The molecule has 0 bridgehead atoms. The van der Waals surface area contributed by atoms with Crippen LogP contribution in [-0.4, -0.2) is 17.4 Å². The number of hydrogen-bond donors (Lipinski definition) is 2. The highest BCUT2D eigenvalue weighted by molar-refractivity contribution is 5.92. The van der Waals surface area contributed by atoms with Crippen LogP contribution < -0.4 is 10.6 Å². The molecule has 0 aliphatic heterocycles. The Bertz CT molecular complexity index is 845. The van der Waals surface area contributed by atoms with Gasteiger partial charge in [-0.2, -0.15) is 0 Å². The fraction of sp³-hybridized carbons (Fsp3) is 0.182. The summed E-state index contributed by atoms with van der Waals surface area (Å²) < 4.78 is 0. The summed E-state index contributed by atoms with van der Waals surface area (Å²) in [5.74, 6) is -0.147. The van der Waals surface area contributed by atoms with E-state index in [1.165, 1.54) is 16.7 Å². The molecule has 0 aliphatic carbocycles. The van der Waals surface area contributed by atoms with Crippen molar-refractivity contribution in [1.29, 1.82) is 0 Å². The van der Waals surface area contributed by atoms with Crippen LogP contribution in [0.2, 0.25) is 0 Å². The van der Waals surface area contributed by atoms with Crippen molar-refractivity contribution in [2.45, 2.75) is 19.9 Å². The molecule has 3 aromatic rings. The fourth-order valence-corrected chi connectivity index (χ4v) is 2.71. The first-order valence-corrected chi connectivity index (χ1v) is 8.78. The molecule has 0 fully saturated rings. The van der Waals surface area contributed by atoms with E-state index in [9.17, 15) is 4.79 Å². The molecule has 1 aromatic heterocycles. The van der Waals surface area contributed by atoms with Gasteiger partial charge in [-0.25, -0.2) is 4.98 Å². The Balaban J connectivity index is 1.48. The molecular formula is C22H23N3O. The van der Waals surface area contributed by atoms with E-state index in [4.69, 9.17) is 0 Å². The minimum absolute atomic E-state index is 0.147. The Morgan fingerprint density at radius 1 is 0.962 bits per heavy atom. The molecular weight excluding hydrogens is 322 g/mol. The lowest BCUT2D eigenvalue weighted by Crippen LogP contribution is -2.26. The molecule has 1 amide bonds. The number of rotatable bonds is 7. The highest BCUT2D eigenvalue weighted by Crippen LogP contribution is 2.10. The van der Waals surface area contributed by atoms with Crippen molar-refractivity contribution in [1.82, 2.24) is 10.3 Å². The van der Waals surface area contributed by atoms with Crippen molar-refractivity contribution in [3.05, 3.63) is 95.3 Å². The molecule has 0 saturated heterocycles. The summed E-state index contributed by atoms with van der Waals surface area (Å²) in [6, 6.07) is 22.1. The molecule has 4 heteroatoms. The summed E-state index contributed by atoms with van der Waals surface area (Å²) in [4.78, 5) is 16.4. The number of aromatic nitrogens is 1. The second kappa shape index (κ2) is 8.81. The normalized spacial score (nSPS) is 10.3. The molecule has 132 valence electrons. The molecule has 2 N–H and O–H groups in total. The maximum atomic E-state index is 12.2. The van der Waals surface area contributed by atoms with Gasteiger partial charge in [0.2, 0.25) is 0 Å². The van der Waals surface area contributed by atoms with Gasteiger partial charge in [0.15, 0.2) is 0 Å². The maximum Gasteiger partial charge on any atom is 0.269 e. The van der Waals surface area contributed by atoms with Crippen LogP contribution >= 0.6 is 0 Å². The van der Waals surface area contributed by atoms with Crippen molar-refractivity contribution in [2.24, 2.45) is 0 Å². The van der Waals surface area contributed by atoms with Crippen molar-refractivity contribution in [3.63, 3.8) is 0 Å². The summed E-state index contributed by atoms with van der Waals surface area (Å²) >= 11 is 0. The number of hydrogen-bond acceptors (Lipinski definition) is 3. The van der Waals surface area contributed by atoms with Gasteiger partial charge in [0.1, 0.15) is 5.69 Å². The lowest BCUT2D eigenvalue weighted by molar-refractivity contribution is 0.0949. The number of benzene rings is 2. The van der Waals surface area contributed by atoms with E-state index in [-0.39, 0.29) is 5.91 Å². The third-order valence-corrected chi connectivity index (χ3v) is 4.12. The van der Waals surface area contributed by atoms with E-state index in [2.05, 4.69) is 52.9 Å². The maximum absolute atomic E-state index is 12.2. The average molecular weight is 345 g/mol. The van der Waals surface area contributed by atoms with Gasteiger partial charge in [-0.1, -0.05) is 60.2 Å². The first kappa shape index (κ1) is 17.7. The van der Waals surface area contributed by atoms with Crippen molar-refractivity contribution in [3.8, 4) is 0 Å². The largest absolute Gasteiger partial charge is 0.380 e. The summed E-state index contributed by atoms with van der Waals surface area (Å²) in [6.07, 6.45) is 2.50. The number of nitrogens with one attached hydrogen (secondary N) is 2. The predicted octanol–water partition coefficient (Wildman–Crippen LogP) is 3.97. The molecule has 4 nitrogen and oxygen atoms in total. The van der Waals surface area contributed by atoms with E-state index in [0.717, 1.165) is 18.7 Å². The smallest absolute Gasteiger partial charge is 0.269 e. The number of nitrogens with zero attached hydrogens (tertiary/aromatic N) is 1. The molecule has 0 radical (unpaired) electrons. The summed E-state index contributed by atoms with van der Waals surface area (Å²) in [5, 5.41) is 6.23. The van der Waals surface area contributed by atoms with E-state index >= 15 is 0 Å². The minimum atomic E-state index is -0.147. The van der Waals surface area contributed by atoms with Crippen LogP contribution in [0.1, 0.15) is 27.2 Å². The SMILES string of the molecule is Cc1cccc(CNc2ccc(C(=O)NCCc3ccccc3)nc2)c1. The molecule has 2 aromatic carbocycles. The molecule has 3 rings (SSSR count). The van der Waals surface area contributed by atoms with Gasteiger partial charge < -0.3 is 10.6 Å². The average Bonchev–Trinajstić information content (AvgIpc) is 2.68. The second-order valence-electron chi connectivity index (χ2n) is 6.27. The molecule has 0 spiro atoms. The first-order valence-electron chi connectivity index (χ1n) is 8.78. The molecule has 0 aliphatic rings. The zero-order chi connectivity index (χ0) is 18.2. The Hall–Kier alpha value is -3.14. The van der Waals surface area contributed by atoms with Crippen LogP contribution in [0.3, 0.4) is 0 Å². The van der Waals surface area contributed by atoms with E-state index in [0.29, 0.717) is 12.2 Å². The zero-order valence-electron chi connectivity index (χ0n) is 14.9. The van der Waals surface area contributed by atoms with Crippen molar-refractivity contribution < 1.29 is 4.79 Å². The van der Waals surface area contributed by atoms with Gasteiger partial charge >= 0.3 is 0 Å². The minimum Gasteiger partial charge on any atom is -0.380 e. The monoisotopic (exact) mass is 345 g/mol. The second-order valence-corrected chi connectivity index (χ2v) is 6.27. The Kier molecular flexibility index (Phi) is 5.99. The number of anilines is 1. The quantitative estimate of drug-likeness (QED) is 0.681. The third-order valence-electron chi connectivity index (χ3n) is 4.12. The van der Waals surface area contributed by atoms with Gasteiger partial charge in [-0.3, -0.25) is 4.79 Å². The van der Waals surface area contributed by atoms with E-state index < -0.39 is 0 Å². The van der Waals surface area contributed by atoms with E-state index in [1.807, 2.05) is 30.3 Å². The van der Waals surface area contributed by atoms with Gasteiger partial charge in [-0.05, 0) is 36.6 Å². The third kappa shape index (κ3) is 5.18. The Morgan fingerprint density at radius 2 is 1.77 bits per heavy atom. The van der Waals surface area contributed by atoms with Crippen LogP contribution in [0.15, 0.2) is 72.9 Å². The number of amides is 1. The number of carbonyl (C=O) groups excluding carboxylic acids is 1. The highest BCUT2D eigenvalue weighted by atomic mass is 16.1. The molecule has 0 atom stereocenters. The molecule has 0 saturated carbocycles. The van der Waals surface area contributed by atoms with Crippen molar-refractivity contribution in [2.75, 3.05) is 11.9 Å². The van der Waals surface area contributed by atoms with Gasteiger partial charge in [0.05, 0.1) is 11.9 Å². The van der Waals surface area contributed by atoms with Crippen LogP contribution in [0, 0.1) is 6.92 Å². The number of carbonyl (C=O) groups is 1. The van der Waals surface area contributed by atoms with Gasteiger partial charge in [0, 0.05) is 13.1 Å². The van der Waals surface area contributed by atoms with Crippen molar-refractivity contribution >= 4 is 11.6 Å². The Labute approximate surface area is 154 Å². The van der Waals surface area contributed by atoms with E-state index in [1.54, 1.807) is 12.3 Å². The Morgan fingerprint density at radius 3 is 2.50 bits per heavy atom. The predicted molar refractivity (Wildman–Crippen MR) is 105 cm³/mol. The lowest BCUT2D eigenvalue weighted by Gasteiger charge is -2.08. The van der Waals surface area contributed by atoms with Gasteiger partial charge in [-0.15, -0.1) is 0 Å². The number of pyridine rings is 1. The van der Waals surface area contributed by atoms with Crippen LogP contribution in [0.25, 0.3) is 0 Å². The molecule has 26 heavy (non-hydrogen) atoms. The van der Waals surface area contributed by atoms with Crippen LogP contribution in [0.4, 0.5) is 5.69 Å². The number of aryl methyl sites for hydroxylation is 1. The standard InChI is InChI=1S/C22H23N3O/c1-17-6-5-9-19(14-17)15-24-20-10-11-21(25-16-20)22(26)23-13-12-18-7-3-2-4-8-18/h2-11,14,16,24H,12-13,15H2,1H3,(H,23,26). The fourth-order valence-electron chi connectivity index (χ4n) is 2.71. The topological polar surface area (TPSA) is 54.0 Å². The van der Waals surface area contributed by atoms with Gasteiger partial charge in [0.25, 0.3) is 5.91 Å².